The van der Waals surface area contributed by atoms with Gasteiger partial charge in [-0.25, -0.2) is 0 Å². The van der Waals surface area contributed by atoms with Crippen LogP contribution in [-0.4, -0.2) is 37.6 Å². The van der Waals surface area contributed by atoms with Crippen LogP contribution in [0, 0.1) is 11.8 Å². The van der Waals surface area contributed by atoms with Crippen LogP contribution in [0.2, 0.25) is 0 Å². The molecule has 1 heterocycles. The van der Waals surface area contributed by atoms with Crippen molar-refractivity contribution in [2.24, 2.45) is 11.8 Å². The molecular weight excluding hydrogens is 196 g/mol. The molecule has 0 spiro atoms. The van der Waals surface area contributed by atoms with Gasteiger partial charge in [0.05, 0.1) is 0 Å². The van der Waals surface area contributed by atoms with Crippen LogP contribution >= 0.6 is 0 Å². The average molecular weight is 224 g/mol. The molecule has 94 valence electrons. The van der Waals surface area contributed by atoms with Gasteiger partial charge in [-0.05, 0) is 50.9 Å². The molecule has 1 N–H and O–H groups in total. The van der Waals surface area contributed by atoms with E-state index in [9.17, 15) is 0 Å². The fourth-order valence-electron chi connectivity index (χ4n) is 3.30. The first kappa shape index (κ1) is 12.4. The molecule has 1 unspecified atom stereocenters. The van der Waals surface area contributed by atoms with Crippen molar-refractivity contribution in [3.63, 3.8) is 0 Å². The highest BCUT2D eigenvalue weighted by Gasteiger charge is 2.23. The molecule has 0 aromatic carbocycles. The van der Waals surface area contributed by atoms with E-state index in [4.69, 9.17) is 0 Å². The summed E-state index contributed by atoms with van der Waals surface area (Å²) in [5.41, 5.74) is 0. The molecule has 2 aliphatic rings. The van der Waals surface area contributed by atoms with Crippen molar-refractivity contribution in [3.05, 3.63) is 0 Å². The van der Waals surface area contributed by atoms with E-state index in [1.54, 1.807) is 0 Å². The number of likely N-dealkylation sites (tertiary alicyclic amines) is 1. The van der Waals surface area contributed by atoms with Crippen molar-refractivity contribution >= 4 is 0 Å². The van der Waals surface area contributed by atoms with Crippen LogP contribution < -0.4 is 5.32 Å². The van der Waals surface area contributed by atoms with E-state index in [2.05, 4.69) is 17.1 Å². The molecule has 0 bridgehead atoms. The Hall–Kier alpha value is -0.0800. The highest BCUT2D eigenvalue weighted by atomic mass is 15.1. The zero-order valence-electron chi connectivity index (χ0n) is 10.9. The standard InChI is InChI=1S/C14H28N2/c1-2-15-11-14-8-10-16(12-14)9-7-13-5-3-4-6-13/h13-15H,2-12H2,1H3. The predicted molar refractivity (Wildman–Crippen MR) is 69.7 cm³/mol. The van der Waals surface area contributed by atoms with E-state index in [0.29, 0.717) is 0 Å². The highest BCUT2D eigenvalue weighted by molar-refractivity contribution is 4.78. The van der Waals surface area contributed by atoms with Crippen LogP contribution in [0.1, 0.15) is 45.4 Å². The summed E-state index contributed by atoms with van der Waals surface area (Å²) in [5.74, 6) is 1.98. The van der Waals surface area contributed by atoms with Gasteiger partial charge >= 0.3 is 0 Å². The van der Waals surface area contributed by atoms with Crippen LogP contribution in [0.4, 0.5) is 0 Å². The Morgan fingerprint density at radius 2 is 1.94 bits per heavy atom. The van der Waals surface area contributed by atoms with Crippen molar-refractivity contribution in [2.45, 2.75) is 45.4 Å². The van der Waals surface area contributed by atoms with Gasteiger partial charge in [0.25, 0.3) is 0 Å². The van der Waals surface area contributed by atoms with Gasteiger partial charge in [-0.15, -0.1) is 0 Å². The Bertz CT molecular complexity index is 187. The third-order valence-corrected chi connectivity index (χ3v) is 4.38. The Balaban J connectivity index is 1.57. The number of nitrogens with one attached hydrogen (secondary N) is 1. The molecule has 1 saturated heterocycles. The van der Waals surface area contributed by atoms with E-state index in [-0.39, 0.29) is 0 Å². The monoisotopic (exact) mass is 224 g/mol. The second-order valence-corrected chi connectivity index (χ2v) is 5.70. The molecule has 0 amide bonds. The van der Waals surface area contributed by atoms with Crippen molar-refractivity contribution < 1.29 is 0 Å². The summed E-state index contributed by atoms with van der Waals surface area (Å²) in [6.45, 7) is 8.62. The number of nitrogens with zero attached hydrogens (tertiary/aromatic N) is 1. The largest absolute Gasteiger partial charge is 0.317 e. The first-order chi connectivity index (χ1) is 7.88. The third-order valence-electron chi connectivity index (χ3n) is 4.38. The summed E-state index contributed by atoms with van der Waals surface area (Å²) >= 11 is 0. The van der Waals surface area contributed by atoms with Gasteiger partial charge in [0.1, 0.15) is 0 Å². The van der Waals surface area contributed by atoms with Crippen molar-refractivity contribution in [1.82, 2.24) is 10.2 Å². The average Bonchev–Trinajstić information content (AvgIpc) is 2.95. The normalized spacial score (nSPS) is 27.9. The second kappa shape index (κ2) is 6.61. The lowest BCUT2D eigenvalue weighted by Crippen LogP contribution is -2.27. The van der Waals surface area contributed by atoms with E-state index in [0.717, 1.165) is 18.4 Å². The van der Waals surface area contributed by atoms with Crippen LogP contribution in [0.15, 0.2) is 0 Å². The Morgan fingerprint density at radius 3 is 2.69 bits per heavy atom. The van der Waals surface area contributed by atoms with Crippen LogP contribution in [0.25, 0.3) is 0 Å². The van der Waals surface area contributed by atoms with E-state index < -0.39 is 0 Å². The minimum absolute atomic E-state index is 0.920. The lowest BCUT2D eigenvalue weighted by molar-refractivity contribution is 0.291. The molecule has 2 nitrogen and oxygen atoms in total. The SMILES string of the molecule is CCNCC1CCN(CCC2CCCC2)C1. The maximum atomic E-state index is 3.48. The first-order valence-corrected chi connectivity index (χ1v) is 7.31. The van der Waals surface area contributed by atoms with Gasteiger partial charge in [-0.1, -0.05) is 32.6 Å². The molecule has 16 heavy (non-hydrogen) atoms. The number of rotatable bonds is 6. The van der Waals surface area contributed by atoms with Crippen LogP contribution in [0.3, 0.4) is 0 Å². The topological polar surface area (TPSA) is 15.3 Å². The quantitative estimate of drug-likeness (QED) is 0.746. The Kier molecular flexibility index (Phi) is 5.11. The van der Waals surface area contributed by atoms with Crippen LogP contribution in [0.5, 0.6) is 0 Å². The summed E-state index contributed by atoms with van der Waals surface area (Å²) in [4.78, 5) is 2.69. The smallest absolute Gasteiger partial charge is 0.00223 e. The maximum absolute atomic E-state index is 3.48. The molecule has 1 aliphatic heterocycles. The molecule has 0 aromatic heterocycles. The van der Waals surface area contributed by atoms with E-state index >= 15 is 0 Å². The van der Waals surface area contributed by atoms with Gasteiger partial charge in [0.2, 0.25) is 0 Å². The second-order valence-electron chi connectivity index (χ2n) is 5.70. The summed E-state index contributed by atoms with van der Waals surface area (Å²) in [5, 5.41) is 3.48. The van der Waals surface area contributed by atoms with Gasteiger partial charge in [0, 0.05) is 6.54 Å². The highest BCUT2D eigenvalue weighted by Crippen LogP contribution is 2.28. The minimum atomic E-state index is 0.920. The molecule has 2 fully saturated rings. The maximum Gasteiger partial charge on any atom is 0.00223 e. The van der Waals surface area contributed by atoms with Crippen molar-refractivity contribution in [3.8, 4) is 0 Å². The predicted octanol–water partition coefficient (Wildman–Crippen LogP) is 2.50. The molecule has 0 radical (unpaired) electrons. The Morgan fingerprint density at radius 1 is 1.12 bits per heavy atom. The molecular formula is C14H28N2. The van der Waals surface area contributed by atoms with E-state index in [1.807, 2.05) is 0 Å². The molecule has 1 atom stereocenters. The van der Waals surface area contributed by atoms with Gasteiger partial charge in [0.15, 0.2) is 0 Å². The zero-order valence-corrected chi connectivity index (χ0v) is 10.9. The fraction of sp³-hybridized carbons (Fsp3) is 1.00. The minimum Gasteiger partial charge on any atom is -0.317 e. The molecule has 1 aliphatic carbocycles. The molecule has 0 aromatic rings. The zero-order chi connectivity index (χ0) is 11.2. The van der Waals surface area contributed by atoms with Gasteiger partial charge in [-0.3, -0.25) is 0 Å². The summed E-state index contributed by atoms with van der Waals surface area (Å²) in [7, 11) is 0. The summed E-state index contributed by atoms with van der Waals surface area (Å²) < 4.78 is 0. The number of hydrogen-bond donors (Lipinski definition) is 1. The summed E-state index contributed by atoms with van der Waals surface area (Å²) in [6, 6.07) is 0. The lowest BCUT2D eigenvalue weighted by Gasteiger charge is -2.18. The van der Waals surface area contributed by atoms with Crippen LogP contribution in [-0.2, 0) is 0 Å². The summed E-state index contributed by atoms with van der Waals surface area (Å²) in [6.07, 6.45) is 8.89. The molecule has 2 rings (SSSR count). The van der Waals surface area contributed by atoms with Gasteiger partial charge in [-0.2, -0.15) is 0 Å². The first-order valence-electron chi connectivity index (χ1n) is 7.31. The van der Waals surface area contributed by atoms with Crippen molar-refractivity contribution in [2.75, 3.05) is 32.7 Å². The van der Waals surface area contributed by atoms with Gasteiger partial charge < -0.3 is 10.2 Å². The fourth-order valence-corrected chi connectivity index (χ4v) is 3.30. The molecule has 1 saturated carbocycles. The third kappa shape index (κ3) is 3.74. The Labute approximate surface area is 101 Å². The van der Waals surface area contributed by atoms with E-state index in [1.165, 1.54) is 64.7 Å². The molecule has 2 heteroatoms. The number of hydrogen-bond acceptors (Lipinski definition) is 2. The lowest BCUT2D eigenvalue weighted by atomic mass is 10.0. The van der Waals surface area contributed by atoms with Crippen molar-refractivity contribution in [1.29, 1.82) is 0 Å².